The van der Waals surface area contributed by atoms with Crippen molar-refractivity contribution in [1.29, 1.82) is 0 Å². The lowest BCUT2D eigenvalue weighted by Gasteiger charge is -2.27. The monoisotopic (exact) mass is 561 g/mol. The van der Waals surface area contributed by atoms with Crippen LogP contribution in [-0.4, -0.2) is 50.6 Å². The summed E-state index contributed by atoms with van der Waals surface area (Å²) in [6, 6.07) is 21.4. The average Bonchev–Trinajstić information content (AvgIpc) is 3.58. The highest BCUT2D eigenvalue weighted by Gasteiger charge is 2.37. The molecule has 3 amide bonds. The zero-order valence-electron chi connectivity index (χ0n) is 23.9. The molecule has 0 unspecified atom stereocenters. The second-order valence-electron chi connectivity index (χ2n) is 11.4. The molecule has 0 saturated heterocycles. The van der Waals surface area contributed by atoms with Crippen LogP contribution in [0.1, 0.15) is 59.1 Å². The quantitative estimate of drug-likeness (QED) is 0.292. The van der Waals surface area contributed by atoms with Gasteiger partial charge in [-0.05, 0) is 73.6 Å². The first-order valence-electron chi connectivity index (χ1n) is 14.5. The van der Waals surface area contributed by atoms with Crippen LogP contribution in [0, 0.1) is 0 Å². The standard InChI is InChI=1S/C34H35N5O3/c1-21(2)36-34(42)39-20-27-18-29(33(41)37-28-16-23-7-3-4-8-24(23)17-28)38-32(31(27)30(39)12-14-40)25-10-5-9-22(15-25)26-11-6-13-35-19-26/h3-11,13,15,18-19,21,28,30,40H,12,14,16-17,20H2,1-2H3,(H,36,42)(H,37,41)/t30-/m1/s1. The molecule has 2 aromatic heterocycles. The second-order valence-corrected chi connectivity index (χ2v) is 11.4. The molecule has 8 nitrogen and oxygen atoms in total. The minimum atomic E-state index is -0.380. The first-order chi connectivity index (χ1) is 20.4. The topological polar surface area (TPSA) is 107 Å². The molecule has 3 N–H and O–H groups in total. The van der Waals surface area contributed by atoms with E-state index in [1.165, 1.54) is 11.1 Å². The molecule has 0 saturated carbocycles. The maximum atomic E-state index is 13.7. The number of carbonyl (C=O) groups excluding carboxylic acids is 2. The van der Waals surface area contributed by atoms with Crippen molar-refractivity contribution >= 4 is 11.9 Å². The number of rotatable bonds is 7. The third-order valence-electron chi connectivity index (χ3n) is 8.02. The van der Waals surface area contributed by atoms with Gasteiger partial charge in [0.1, 0.15) is 5.69 Å². The number of aromatic nitrogens is 2. The highest BCUT2D eigenvalue weighted by Crippen LogP contribution is 2.42. The molecule has 2 aliphatic rings. The second kappa shape index (κ2) is 11.7. The normalized spacial score (nSPS) is 15.9. The molecule has 214 valence electrons. The predicted octanol–water partition coefficient (Wildman–Crippen LogP) is 5.06. The third kappa shape index (κ3) is 5.50. The van der Waals surface area contributed by atoms with Crippen LogP contribution in [0.25, 0.3) is 22.4 Å². The number of aliphatic hydroxyl groups excluding tert-OH is 1. The molecule has 42 heavy (non-hydrogen) atoms. The molecule has 0 spiro atoms. The van der Waals surface area contributed by atoms with Crippen LogP contribution in [0.5, 0.6) is 0 Å². The van der Waals surface area contributed by atoms with Crippen molar-refractivity contribution in [3.8, 4) is 22.4 Å². The van der Waals surface area contributed by atoms with Gasteiger partial charge in [-0.3, -0.25) is 9.78 Å². The lowest BCUT2D eigenvalue weighted by molar-refractivity contribution is 0.0933. The Hall–Kier alpha value is -4.56. The number of amides is 3. The summed E-state index contributed by atoms with van der Waals surface area (Å²) < 4.78 is 0. The third-order valence-corrected chi connectivity index (χ3v) is 8.02. The summed E-state index contributed by atoms with van der Waals surface area (Å²) in [6.45, 7) is 4.08. The van der Waals surface area contributed by atoms with Gasteiger partial charge < -0.3 is 20.6 Å². The Morgan fingerprint density at radius 1 is 0.952 bits per heavy atom. The number of urea groups is 1. The summed E-state index contributed by atoms with van der Waals surface area (Å²) in [4.78, 5) is 37.9. The molecule has 0 fully saturated rings. The van der Waals surface area contributed by atoms with Gasteiger partial charge in [0.15, 0.2) is 0 Å². The lowest BCUT2D eigenvalue weighted by atomic mass is 9.94. The molecule has 0 radical (unpaired) electrons. The first-order valence-corrected chi connectivity index (χ1v) is 14.5. The van der Waals surface area contributed by atoms with Gasteiger partial charge in [-0.25, -0.2) is 9.78 Å². The van der Waals surface area contributed by atoms with Crippen molar-refractivity contribution in [3.05, 3.63) is 107 Å². The molecule has 4 aromatic rings. The van der Waals surface area contributed by atoms with Crippen molar-refractivity contribution in [2.24, 2.45) is 0 Å². The van der Waals surface area contributed by atoms with E-state index in [-0.39, 0.29) is 36.7 Å². The highest BCUT2D eigenvalue weighted by atomic mass is 16.3. The maximum Gasteiger partial charge on any atom is 0.318 e. The van der Waals surface area contributed by atoms with Gasteiger partial charge in [-0.1, -0.05) is 48.5 Å². The first kappa shape index (κ1) is 27.6. The van der Waals surface area contributed by atoms with Gasteiger partial charge in [0.2, 0.25) is 0 Å². The fourth-order valence-electron chi connectivity index (χ4n) is 6.16. The Kier molecular flexibility index (Phi) is 7.71. The number of nitrogens with zero attached hydrogens (tertiary/aromatic N) is 3. The van der Waals surface area contributed by atoms with Gasteiger partial charge in [-0.2, -0.15) is 0 Å². The van der Waals surface area contributed by atoms with Crippen molar-refractivity contribution in [1.82, 2.24) is 25.5 Å². The molecule has 1 aliphatic carbocycles. The van der Waals surface area contributed by atoms with Crippen molar-refractivity contribution in [3.63, 3.8) is 0 Å². The molecular weight excluding hydrogens is 526 g/mol. The SMILES string of the molecule is CC(C)NC(=O)N1Cc2cc(C(=O)NC3Cc4ccccc4C3)nc(-c3cccc(-c4cccnc4)c3)c2[C@H]1CCO. The van der Waals surface area contributed by atoms with E-state index < -0.39 is 0 Å². The number of hydrogen-bond donors (Lipinski definition) is 3. The number of pyridine rings is 2. The van der Waals surface area contributed by atoms with Crippen LogP contribution in [0.2, 0.25) is 0 Å². The Morgan fingerprint density at radius 2 is 1.69 bits per heavy atom. The number of carbonyl (C=O) groups is 2. The Balaban J connectivity index is 1.40. The smallest absolute Gasteiger partial charge is 0.318 e. The largest absolute Gasteiger partial charge is 0.396 e. The molecule has 0 bridgehead atoms. The summed E-state index contributed by atoms with van der Waals surface area (Å²) >= 11 is 0. The number of aliphatic hydroxyl groups is 1. The summed E-state index contributed by atoms with van der Waals surface area (Å²) in [5.41, 5.74) is 8.00. The van der Waals surface area contributed by atoms with Gasteiger partial charge in [0.05, 0.1) is 11.7 Å². The van der Waals surface area contributed by atoms with Crippen LogP contribution in [-0.2, 0) is 19.4 Å². The minimum Gasteiger partial charge on any atom is -0.396 e. The molecule has 3 heterocycles. The van der Waals surface area contributed by atoms with E-state index in [2.05, 4.69) is 27.8 Å². The van der Waals surface area contributed by atoms with Crippen molar-refractivity contribution in [2.75, 3.05) is 6.61 Å². The summed E-state index contributed by atoms with van der Waals surface area (Å²) in [6.07, 6.45) is 5.49. The molecule has 6 rings (SSSR count). The summed E-state index contributed by atoms with van der Waals surface area (Å²) in [5, 5.41) is 16.2. The van der Waals surface area contributed by atoms with E-state index >= 15 is 0 Å². The molecular formula is C34H35N5O3. The lowest BCUT2D eigenvalue weighted by Crippen LogP contribution is -2.42. The zero-order valence-corrected chi connectivity index (χ0v) is 23.9. The summed E-state index contributed by atoms with van der Waals surface area (Å²) in [7, 11) is 0. The number of hydrogen-bond acceptors (Lipinski definition) is 5. The van der Waals surface area contributed by atoms with Crippen LogP contribution in [0.15, 0.2) is 79.1 Å². The van der Waals surface area contributed by atoms with Crippen molar-refractivity contribution < 1.29 is 14.7 Å². The fourth-order valence-corrected chi connectivity index (χ4v) is 6.16. The molecule has 2 aromatic carbocycles. The zero-order chi connectivity index (χ0) is 29.2. The highest BCUT2D eigenvalue weighted by molar-refractivity contribution is 5.94. The molecule has 1 atom stereocenters. The van der Waals surface area contributed by atoms with Crippen LogP contribution < -0.4 is 10.6 Å². The van der Waals surface area contributed by atoms with Gasteiger partial charge in [0.25, 0.3) is 5.91 Å². The van der Waals surface area contributed by atoms with E-state index in [0.29, 0.717) is 24.4 Å². The Bertz CT molecular complexity index is 1600. The maximum absolute atomic E-state index is 13.7. The summed E-state index contributed by atoms with van der Waals surface area (Å²) in [5.74, 6) is -0.232. The average molecular weight is 562 g/mol. The Morgan fingerprint density at radius 3 is 2.38 bits per heavy atom. The van der Waals surface area contributed by atoms with E-state index in [9.17, 15) is 14.7 Å². The number of fused-ring (bicyclic) bond motifs is 2. The molecule has 8 heteroatoms. The van der Waals surface area contributed by atoms with E-state index in [0.717, 1.165) is 40.7 Å². The van der Waals surface area contributed by atoms with Crippen LogP contribution >= 0.6 is 0 Å². The van der Waals surface area contributed by atoms with E-state index in [4.69, 9.17) is 4.98 Å². The number of nitrogens with one attached hydrogen (secondary N) is 2. The Labute approximate surface area is 245 Å². The fraction of sp³-hybridized carbons (Fsp3) is 0.294. The van der Waals surface area contributed by atoms with Crippen LogP contribution in [0.4, 0.5) is 4.79 Å². The number of benzene rings is 2. The van der Waals surface area contributed by atoms with Gasteiger partial charge >= 0.3 is 6.03 Å². The van der Waals surface area contributed by atoms with Gasteiger partial charge in [-0.15, -0.1) is 0 Å². The van der Waals surface area contributed by atoms with E-state index in [1.807, 2.05) is 74.6 Å². The van der Waals surface area contributed by atoms with Gasteiger partial charge in [0, 0.05) is 54.3 Å². The minimum absolute atomic E-state index is 0.00207. The molecule has 1 aliphatic heterocycles. The van der Waals surface area contributed by atoms with Crippen molar-refractivity contribution in [2.45, 2.75) is 57.8 Å². The predicted molar refractivity (Wildman–Crippen MR) is 162 cm³/mol. The van der Waals surface area contributed by atoms with E-state index in [1.54, 1.807) is 11.1 Å². The van der Waals surface area contributed by atoms with Crippen LogP contribution in [0.3, 0.4) is 0 Å².